The van der Waals surface area contributed by atoms with Crippen LogP contribution in [-0.4, -0.2) is 15.1 Å². The summed E-state index contributed by atoms with van der Waals surface area (Å²) in [4.78, 5) is 14.4. The summed E-state index contributed by atoms with van der Waals surface area (Å²) in [5.41, 5.74) is 3.59. The van der Waals surface area contributed by atoms with Crippen molar-refractivity contribution in [3.63, 3.8) is 0 Å². The van der Waals surface area contributed by atoms with E-state index in [0.717, 1.165) is 16.7 Å². The number of nitrogens with one attached hydrogen (secondary N) is 1. The third-order valence-electron chi connectivity index (χ3n) is 4.74. The van der Waals surface area contributed by atoms with Gasteiger partial charge < -0.3 is 20.3 Å². The highest BCUT2D eigenvalue weighted by Crippen LogP contribution is 2.39. The van der Waals surface area contributed by atoms with Crippen molar-refractivity contribution in [2.45, 2.75) is 27.1 Å². The number of aryl methyl sites for hydroxylation is 2. The summed E-state index contributed by atoms with van der Waals surface area (Å²) in [6.07, 6.45) is 0. The van der Waals surface area contributed by atoms with Crippen LogP contribution in [0.1, 0.15) is 22.3 Å². The average molecular weight is 419 g/mol. The molecular formula is C23H21N3O5. The van der Waals surface area contributed by atoms with E-state index in [1.165, 1.54) is 12.1 Å². The van der Waals surface area contributed by atoms with Crippen molar-refractivity contribution in [3.8, 4) is 11.5 Å². The van der Waals surface area contributed by atoms with Crippen LogP contribution in [0, 0.1) is 30.5 Å². The number of nitro benzene ring substituents is 1. The minimum atomic E-state index is -0.536. The lowest BCUT2D eigenvalue weighted by Crippen LogP contribution is -2.02. The molecule has 0 atom stereocenters. The van der Waals surface area contributed by atoms with Crippen molar-refractivity contribution < 1.29 is 19.9 Å². The van der Waals surface area contributed by atoms with E-state index in [4.69, 9.17) is 11.3 Å². The van der Waals surface area contributed by atoms with Crippen LogP contribution in [-0.2, 0) is 13.2 Å². The van der Waals surface area contributed by atoms with Crippen LogP contribution in [0.25, 0.3) is 4.85 Å². The van der Waals surface area contributed by atoms with Gasteiger partial charge in [-0.3, -0.25) is 10.1 Å². The van der Waals surface area contributed by atoms with E-state index >= 15 is 0 Å². The van der Waals surface area contributed by atoms with Crippen molar-refractivity contribution in [3.05, 3.63) is 92.3 Å². The van der Waals surface area contributed by atoms with Crippen LogP contribution < -0.4 is 10.1 Å². The Morgan fingerprint density at radius 2 is 1.71 bits per heavy atom. The maximum Gasteiger partial charge on any atom is 0.293 e. The van der Waals surface area contributed by atoms with E-state index in [-0.39, 0.29) is 29.3 Å². The third kappa shape index (κ3) is 4.80. The Balaban J connectivity index is 2.05. The molecular weight excluding hydrogens is 398 g/mol. The van der Waals surface area contributed by atoms with Crippen LogP contribution >= 0.6 is 0 Å². The molecule has 0 amide bonds. The molecule has 3 aromatic rings. The number of nitrogens with zero attached hydrogens (tertiary/aromatic N) is 2. The zero-order chi connectivity index (χ0) is 22.5. The first kappa shape index (κ1) is 21.8. The Morgan fingerprint density at radius 1 is 1.06 bits per heavy atom. The normalized spacial score (nSPS) is 10.4. The number of aliphatic hydroxyl groups is 2. The minimum Gasteiger partial charge on any atom is -0.456 e. The number of aliphatic hydroxyl groups excluding tert-OH is 2. The van der Waals surface area contributed by atoms with E-state index in [9.17, 15) is 20.3 Å². The second-order valence-electron chi connectivity index (χ2n) is 6.99. The van der Waals surface area contributed by atoms with Crippen LogP contribution in [0.15, 0.2) is 48.5 Å². The average Bonchev–Trinajstić information content (AvgIpc) is 2.76. The summed E-state index contributed by atoms with van der Waals surface area (Å²) >= 11 is 0. The van der Waals surface area contributed by atoms with Crippen LogP contribution in [0.5, 0.6) is 11.5 Å². The Bertz CT molecular complexity index is 1140. The fraction of sp³-hybridized carbons (Fsp3) is 0.174. The molecule has 0 aliphatic rings. The van der Waals surface area contributed by atoms with E-state index in [2.05, 4.69) is 10.2 Å². The Kier molecular flexibility index (Phi) is 6.50. The lowest BCUT2D eigenvalue weighted by atomic mass is 10.1. The Labute approximate surface area is 179 Å². The molecule has 0 heterocycles. The molecule has 0 fully saturated rings. The van der Waals surface area contributed by atoms with Crippen molar-refractivity contribution >= 4 is 22.7 Å². The largest absolute Gasteiger partial charge is 0.456 e. The lowest BCUT2D eigenvalue weighted by molar-refractivity contribution is -0.384. The van der Waals surface area contributed by atoms with Crippen molar-refractivity contribution in [1.29, 1.82) is 0 Å². The maximum absolute atomic E-state index is 11.6. The standard InChI is InChI=1S/C23H21N3O5/c1-14-8-16(12-27)9-15(2)23(14)31-22-11-20(21(26(29)30)10-17(22)13-28)25-19-6-4-18(24-3)5-7-19/h4-11,25,27-28H,12-13H2,1-2H3. The number of rotatable bonds is 7. The summed E-state index contributed by atoms with van der Waals surface area (Å²) in [5, 5.41) is 33.8. The SMILES string of the molecule is [C-]#[N+]c1ccc(Nc2cc(Oc3c(C)cc(CO)cc3C)c(CO)cc2[N+](=O)[O-])cc1. The summed E-state index contributed by atoms with van der Waals surface area (Å²) in [6.45, 7) is 10.2. The molecule has 0 aromatic heterocycles. The van der Waals surface area contributed by atoms with E-state index in [1.807, 2.05) is 13.8 Å². The molecule has 0 aliphatic heterocycles. The van der Waals surface area contributed by atoms with E-state index < -0.39 is 11.5 Å². The van der Waals surface area contributed by atoms with Crippen molar-refractivity contribution in [1.82, 2.24) is 0 Å². The van der Waals surface area contributed by atoms with Gasteiger partial charge in [0.1, 0.15) is 17.2 Å². The van der Waals surface area contributed by atoms with Gasteiger partial charge in [0.15, 0.2) is 5.69 Å². The lowest BCUT2D eigenvalue weighted by Gasteiger charge is -2.17. The molecule has 0 saturated carbocycles. The third-order valence-corrected chi connectivity index (χ3v) is 4.74. The van der Waals surface area contributed by atoms with Crippen LogP contribution in [0.2, 0.25) is 0 Å². The maximum atomic E-state index is 11.6. The van der Waals surface area contributed by atoms with Gasteiger partial charge in [-0.15, -0.1) is 0 Å². The monoisotopic (exact) mass is 419 g/mol. The molecule has 3 rings (SSSR count). The van der Waals surface area contributed by atoms with Crippen molar-refractivity contribution in [2.24, 2.45) is 0 Å². The van der Waals surface area contributed by atoms with E-state index in [1.54, 1.807) is 36.4 Å². The predicted molar refractivity (Wildman–Crippen MR) is 117 cm³/mol. The highest BCUT2D eigenvalue weighted by Gasteiger charge is 2.20. The zero-order valence-corrected chi connectivity index (χ0v) is 17.0. The van der Waals surface area contributed by atoms with Crippen LogP contribution in [0.3, 0.4) is 0 Å². The van der Waals surface area contributed by atoms with Gasteiger partial charge in [0.25, 0.3) is 5.69 Å². The first-order valence-electron chi connectivity index (χ1n) is 9.41. The Morgan fingerprint density at radius 3 is 2.23 bits per heavy atom. The molecule has 31 heavy (non-hydrogen) atoms. The molecule has 8 nitrogen and oxygen atoms in total. The molecule has 0 unspecified atom stereocenters. The number of ether oxygens (including phenoxy) is 1. The first-order chi connectivity index (χ1) is 14.9. The fourth-order valence-corrected chi connectivity index (χ4v) is 3.26. The quantitative estimate of drug-likeness (QED) is 0.273. The second-order valence-corrected chi connectivity index (χ2v) is 6.99. The van der Waals surface area contributed by atoms with Gasteiger partial charge in [0.2, 0.25) is 0 Å². The van der Waals surface area contributed by atoms with Crippen LogP contribution in [0.4, 0.5) is 22.7 Å². The fourth-order valence-electron chi connectivity index (χ4n) is 3.26. The highest BCUT2D eigenvalue weighted by atomic mass is 16.6. The van der Waals surface area contributed by atoms with Gasteiger partial charge in [-0.1, -0.05) is 24.3 Å². The predicted octanol–water partition coefficient (Wildman–Crippen LogP) is 5.28. The number of anilines is 2. The molecule has 8 heteroatoms. The summed E-state index contributed by atoms with van der Waals surface area (Å²) in [6, 6.07) is 12.9. The number of benzene rings is 3. The Hall–Kier alpha value is -3.93. The summed E-state index contributed by atoms with van der Waals surface area (Å²) in [5.74, 6) is 0.824. The summed E-state index contributed by atoms with van der Waals surface area (Å²) in [7, 11) is 0. The topological polar surface area (TPSA) is 109 Å². The molecule has 0 bridgehead atoms. The number of nitro groups is 1. The molecule has 0 spiro atoms. The molecule has 0 aliphatic carbocycles. The van der Waals surface area contributed by atoms with Gasteiger partial charge in [-0.05, 0) is 42.7 Å². The zero-order valence-electron chi connectivity index (χ0n) is 17.0. The molecule has 3 N–H and O–H groups in total. The molecule has 158 valence electrons. The second kappa shape index (κ2) is 9.26. The van der Waals surface area contributed by atoms with Gasteiger partial charge in [0, 0.05) is 23.4 Å². The summed E-state index contributed by atoms with van der Waals surface area (Å²) < 4.78 is 6.07. The van der Waals surface area contributed by atoms with Gasteiger partial charge in [-0.2, -0.15) is 0 Å². The highest BCUT2D eigenvalue weighted by molar-refractivity contribution is 5.73. The molecule has 0 radical (unpaired) electrons. The number of hydrogen-bond acceptors (Lipinski definition) is 6. The van der Waals surface area contributed by atoms with Gasteiger partial charge in [-0.25, -0.2) is 4.85 Å². The first-order valence-corrected chi connectivity index (χ1v) is 9.41. The van der Waals surface area contributed by atoms with Gasteiger partial charge in [0.05, 0.1) is 24.7 Å². The van der Waals surface area contributed by atoms with E-state index in [0.29, 0.717) is 17.1 Å². The molecule has 3 aromatic carbocycles. The smallest absolute Gasteiger partial charge is 0.293 e. The van der Waals surface area contributed by atoms with Gasteiger partial charge >= 0.3 is 0 Å². The minimum absolute atomic E-state index is 0.0955. The number of hydrogen-bond donors (Lipinski definition) is 3. The van der Waals surface area contributed by atoms with Crippen molar-refractivity contribution in [2.75, 3.05) is 5.32 Å². The molecule has 0 saturated heterocycles.